The van der Waals surface area contributed by atoms with Gasteiger partial charge in [0.1, 0.15) is 6.04 Å². The molecule has 7 nitrogen and oxygen atoms in total. The molecule has 0 bridgehead atoms. The molecule has 0 aliphatic carbocycles. The van der Waals surface area contributed by atoms with Crippen molar-refractivity contribution in [1.82, 2.24) is 10.2 Å². The molecule has 1 saturated heterocycles. The van der Waals surface area contributed by atoms with E-state index in [4.69, 9.17) is 23.1 Å². The topological polar surface area (TPSA) is 114 Å². The number of amides is 3. The van der Waals surface area contributed by atoms with Crippen LogP contribution >= 0.6 is 11.6 Å². The van der Waals surface area contributed by atoms with Crippen LogP contribution in [0.15, 0.2) is 18.2 Å². The number of nitrogens with one attached hydrogen (secondary N) is 3. The molecule has 2 unspecified atom stereocenters. The second kappa shape index (κ2) is 11.1. The molecule has 0 spiro atoms. The Morgan fingerprint density at radius 1 is 1.29 bits per heavy atom. The van der Waals surface area contributed by atoms with E-state index >= 15 is 0 Å². The van der Waals surface area contributed by atoms with Crippen molar-refractivity contribution in [2.24, 2.45) is 5.41 Å². The van der Waals surface area contributed by atoms with E-state index in [-0.39, 0.29) is 76.0 Å². The van der Waals surface area contributed by atoms with E-state index in [0.717, 1.165) is 0 Å². The van der Waals surface area contributed by atoms with Crippen LogP contribution in [0.5, 0.6) is 0 Å². The van der Waals surface area contributed by atoms with Gasteiger partial charge in [-0.25, -0.2) is 0 Å². The van der Waals surface area contributed by atoms with Gasteiger partial charge in [-0.05, 0) is 24.3 Å². The summed E-state index contributed by atoms with van der Waals surface area (Å²) in [5.41, 5.74) is 14.7. The van der Waals surface area contributed by atoms with Gasteiger partial charge in [0.2, 0.25) is 5.91 Å². The molecule has 2 atom stereocenters. The second-order valence-corrected chi connectivity index (χ2v) is 7.93. The maximum atomic E-state index is 13.0. The minimum absolute atomic E-state index is 0. The molecule has 1 heterocycles. The van der Waals surface area contributed by atoms with Crippen LogP contribution in [-0.4, -0.2) is 41.2 Å². The Morgan fingerprint density at radius 3 is 2.39 bits per heavy atom. The molecule has 0 saturated carbocycles. The standard InChI is InChI=1S/C18H25ClN4O3.W.Y/c1-18(2,3)14(17(26)23-8-4-5-13(23)15(21)24)22-16(25)10-6-7-12(20)11(19)9-10;;/h6-7,9,13-14H,4-5,8H2,1-3H3,(H5,20,21,22,24,25);;/p-2. The van der Waals surface area contributed by atoms with Gasteiger partial charge in [-0.3, -0.25) is 9.59 Å². The van der Waals surface area contributed by atoms with Gasteiger partial charge in [0.15, 0.2) is 0 Å². The molecule has 1 aromatic carbocycles. The summed E-state index contributed by atoms with van der Waals surface area (Å²) >= 11 is 5.90. The average Bonchev–Trinajstić information content (AvgIpc) is 3.03. The molecule has 3 N–H and O–H groups in total. The largest absolute Gasteiger partial charge is 0.698 e. The molecule has 151 valence electrons. The van der Waals surface area contributed by atoms with Crippen molar-refractivity contribution in [3.8, 4) is 0 Å². The number of benzene rings is 1. The van der Waals surface area contributed by atoms with Crippen molar-refractivity contribution in [2.45, 2.75) is 45.7 Å². The molecule has 1 aromatic rings. The van der Waals surface area contributed by atoms with E-state index in [9.17, 15) is 14.4 Å². The summed E-state index contributed by atoms with van der Waals surface area (Å²) in [5.74, 6) is -1.63. The molecule has 0 aromatic heterocycles. The summed E-state index contributed by atoms with van der Waals surface area (Å²) < 4.78 is 0. The van der Waals surface area contributed by atoms with Crippen molar-refractivity contribution in [3.63, 3.8) is 0 Å². The summed E-state index contributed by atoms with van der Waals surface area (Å²) in [6.45, 7) is 5.87. The number of carbonyl (C=O) groups excluding carboxylic acids is 3. The molecule has 10 heteroatoms. The number of nitrogens with zero attached hydrogens (tertiary/aromatic N) is 1. The van der Waals surface area contributed by atoms with Crippen LogP contribution in [0.3, 0.4) is 0 Å². The number of rotatable bonds is 4. The van der Waals surface area contributed by atoms with Crippen LogP contribution in [0.2, 0.25) is 5.02 Å². The van der Waals surface area contributed by atoms with E-state index in [0.29, 0.717) is 19.4 Å². The van der Waals surface area contributed by atoms with Crippen molar-refractivity contribution in [3.05, 3.63) is 40.3 Å². The Kier molecular flexibility index (Phi) is 10.9. The van der Waals surface area contributed by atoms with Gasteiger partial charge in [-0.1, -0.05) is 44.5 Å². The molecule has 1 aliphatic rings. The number of hydrogen-bond donors (Lipinski definition) is 1. The summed E-state index contributed by atoms with van der Waals surface area (Å²) in [4.78, 5) is 38.5. The van der Waals surface area contributed by atoms with Gasteiger partial charge >= 0.3 is 0 Å². The number of carbonyl (C=O) groups is 3. The van der Waals surface area contributed by atoms with Crippen LogP contribution in [0.1, 0.15) is 44.0 Å². The first-order valence-electron chi connectivity index (χ1n) is 8.40. The van der Waals surface area contributed by atoms with E-state index in [2.05, 4.69) is 5.32 Å². The van der Waals surface area contributed by atoms with Gasteiger partial charge in [0.25, 0.3) is 5.91 Å². The summed E-state index contributed by atoms with van der Waals surface area (Å²) in [5, 5.41) is 2.88. The predicted molar refractivity (Wildman–Crippen MR) is 100 cm³/mol. The first-order valence-corrected chi connectivity index (χ1v) is 8.78. The second-order valence-electron chi connectivity index (χ2n) is 7.52. The van der Waals surface area contributed by atoms with Gasteiger partial charge in [0.05, 0.1) is 11.9 Å². The van der Waals surface area contributed by atoms with Gasteiger partial charge in [0, 0.05) is 70.9 Å². The Morgan fingerprint density at radius 2 is 1.89 bits per heavy atom. The van der Waals surface area contributed by atoms with Crippen molar-refractivity contribution in [2.75, 3.05) is 6.54 Å². The zero-order chi connectivity index (χ0) is 19.6. The Labute approximate surface area is 209 Å². The molecule has 3 amide bonds. The molecular formula is C18H23ClN4O3WY-2. The summed E-state index contributed by atoms with van der Waals surface area (Å²) in [6.07, 6.45) is 1.13. The predicted octanol–water partition coefficient (Wildman–Crippen LogP) is 3.73. The summed E-state index contributed by atoms with van der Waals surface area (Å²) in [7, 11) is 0. The van der Waals surface area contributed by atoms with Crippen LogP contribution in [0, 0.1) is 5.41 Å². The molecule has 1 fully saturated rings. The third kappa shape index (κ3) is 6.51. The molecule has 28 heavy (non-hydrogen) atoms. The first kappa shape index (κ1) is 27.5. The smallest absolute Gasteiger partial charge is 0.251 e. The minimum Gasteiger partial charge on any atom is -0.698 e. The van der Waals surface area contributed by atoms with Crippen LogP contribution in [0.25, 0.3) is 11.5 Å². The van der Waals surface area contributed by atoms with Gasteiger partial charge in [-0.15, -0.1) is 5.69 Å². The van der Waals surface area contributed by atoms with E-state index in [1.54, 1.807) is 0 Å². The third-order valence-corrected chi connectivity index (χ3v) is 4.77. The van der Waals surface area contributed by atoms with Gasteiger partial charge < -0.3 is 26.5 Å². The Balaban J connectivity index is 0.00000364. The number of hydrogen-bond acceptors (Lipinski definition) is 3. The van der Waals surface area contributed by atoms with Crippen LogP contribution in [0.4, 0.5) is 5.69 Å². The van der Waals surface area contributed by atoms with Gasteiger partial charge in [-0.2, -0.15) is 0 Å². The van der Waals surface area contributed by atoms with Crippen molar-refractivity contribution >= 4 is 35.0 Å². The number of halogens is 1. The zero-order valence-corrected chi connectivity index (χ0v) is 22.6. The normalized spacial score (nSPS) is 17.1. The van der Waals surface area contributed by atoms with E-state index < -0.39 is 29.3 Å². The SMILES string of the molecule is CC(C)(C)C(NC(=O)c1ccc([NH-])c(Cl)c1)C(=O)N1CCCC1C([NH-])=O.[W].[Y]. The van der Waals surface area contributed by atoms with E-state index in [1.807, 2.05) is 20.8 Å². The maximum Gasteiger partial charge on any atom is 0.251 e. The number of likely N-dealkylation sites (tertiary alicyclic amines) is 1. The fraction of sp³-hybridized carbons (Fsp3) is 0.500. The maximum absolute atomic E-state index is 13.0. The zero-order valence-electron chi connectivity index (χ0n) is 16.0. The van der Waals surface area contributed by atoms with Crippen molar-refractivity contribution < 1.29 is 68.2 Å². The Bertz CT molecular complexity index is 742. The fourth-order valence-corrected chi connectivity index (χ4v) is 3.17. The Hall–Kier alpha value is -0.488. The molecular weight excluding hydrogens is 628 g/mol. The fourth-order valence-electron chi connectivity index (χ4n) is 2.99. The quantitative estimate of drug-likeness (QED) is 0.536. The van der Waals surface area contributed by atoms with Crippen LogP contribution in [-0.2, 0) is 63.4 Å². The molecule has 1 radical (unpaired) electrons. The third-order valence-electron chi connectivity index (χ3n) is 4.46. The van der Waals surface area contributed by atoms with Crippen molar-refractivity contribution in [1.29, 1.82) is 0 Å². The molecule has 2 rings (SSSR count). The summed E-state index contributed by atoms with van der Waals surface area (Å²) in [6, 6.07) is 2.67. The van der Waals surface area contributed by atoms with Crippen LogP contribution < -0.4 is 5.32 Å². The minimum atomic E-state index is -0.857. The molecule has 1 aliphatic heterocycles. The van der Waals surface area contributed by atoms with E-state index in [1.165, 1.54) is 23.1 Å². The first-order chi connectivity index (χ1) is 12.0. The average molecular weight is 652 g/mol. The monoisotopic (exact) mass is 651 g/mol.